The van der Waals surface area contributed by atoms with Gasteiger partial charge in [0.05, 0.1) is 23.2 Å². The SMILES string of the molecule is COc1ccc([N+](=O)[O-])cc1N(CC(=O)N1CCN(S(=O)(=O)c2ccc(C)cc2)CC1)S(C)(=O)=O. The molecule has 0 saturated carbocycles. The Hall–Kier alpha value is -3.23. The summed E-state index contributed by atoms with van der Waals surface area (Å²) in [5, 5.41) is 11.2. The number of nitrogens with zero attached hydrogens (tertiary/aromatic N) is 4. The molecule has 0 unspecified atom stereocenters. The lowest BCUT2D eigenvalue weighted by molar-refractivity contribution is -0.384. The first-order valence-electron chi connectivity index (χ1n) is 10.5. The first kappa shape index (κ1) is 26.4. The minimum atomic E-state index is -4.02. The van der Waals surface area contributed by atoms with Crippen LogP contribution in [0.4, 0.5) is 11.4 Å². The number of anilines is 1. The maximum Gasteiger partial charge on any atom is 0.271 e. The average Bonchev–Trinajstić information content (AvgIpc) is 2.81. The number of hydrogen-bond donors (Lipinski definition) is 0. The van der Waals surface area contributed by atoms with Crippen molar-refractivity contribution in [1.29, 1.82) is 0 Å². The molecule has 1 heterocycles. The summed E-state index contributed by atoms with van der Waals surface area (Å²) in [7, 11) is -6.48. The molecule has 2 aromatic rings. The second kappa shape index (κ2) is 10.2. The maximum absolute atomic E-state index is 13.0. The topological polar surface area (TPSA) is 147 Å². The number of non-ortho nitro benzene ring substituents is 1. The zero-order valence-electron chi connectivity index (χ0n) is 19.4. The molecule has 1 aliphatic rings. The van der Waals surface area contributed by atoms with Gasteiger partial charge in [-0.3, -0.25) is 19.2 Å². The molecule has 0 bridgehead atoms. The number of sulfonamides is 2. The number of rotatable bonds is 8. The van der Waals surface area contributed by atoms with Gasteiger partial charge in [0.15, 0.2) is 0 Å². The molecule has 3 rings (SSSR count). The lowest BCUT2D eigenvalue weighted by Crippen LogP contribution is -2.53. The smallest absolute Gasteiger partial charge is 0.271 e. The largest absolute Gasteiger partial charge is 0.495 e. The number of piperazine rings is 1. The fraction of sp³-hybridized carbons (Fsp3) is 0.381. The normalized spacial score (nSPS) is 15.0. The average molecular weight is 527 g/mol. The molecule has 190 valence electrons. The summed E-state index contributed by atoms with van der Waals surface area (Å²) >= 11 is 0. The van der Waals surface area contributed by atoms with E-state index >= 15 is 0 Å². The van der Waals surface area contributed by atoms with Crippen molar-refractivity contribution in [3.05, 3.63) is 58.1 Å². The summed E-state index contributed by atoms with van der Waals surface area (Å²) in [6.07, 6.45) is 0.880. The fourth-order valence-corrected chi connectivity index (χ4v) is 5.90. The van der Waals surface area contributed by atoms with Gasteiger partial charge in [0.2, 0.25) is 26.0 Å². The molecule has 1 saturated heterocycles. The molecule has 1 fully saturated rings. The number of amides is 1. The monoisotopic (exact) mass is 526 g/mol. The van der Waals surface area contributed by atoms with Gasteiger partial charge in [0, 0.05) is 38.3 Å². The minimum absolute atomic E-state index is 0.0426. The molecule has 1 aliphatic heterocycles. The highest BCUT2D eigenvalue weighted by Crippen LogP contribution is 2.33. The van der Waals surface area contributed by atoms with E-state index in [4.69, 9.17) is 4.74 Å². The summed E-state index contributed by atoms with van der Waals surface area (Å²) in [4.78, 5) is 25.0. The molecule has 35 heavy (non-hydrogen) atoms. The molecule has 0 N–H and O–H groups in total. The quantitative estimate of drug-likeness (QED) is 0.368. The first-order valence-corrected chi connectivity index (χ1v) is 13.8. The maximum atomic E-state index is 13.0. The van der Waals surface area contributed by atoms with E-state index in [1.165, 1.54) is 40.6 Å². The van der Waals surface area contributed by atoms with Crippen LogP contribution in [0.15, 0.2) is 47.4 Å². The summed E-state index contributed by atoms with van der Waals surface area (Å²) in [6, 6.07) is 9.91. The van der Waals surface area contributed by atoms with Crippen LogP contribution in [0.25, 0.3) is 0 Å². The van der Waals surface area contributed by atoms with Crippen molar-refractivity contribution in [3.8, 4) is 5.75 Å². The van der Waals surface area contributed by atoms with Crippen LogP contribution in [0.5, 0.6) is 5.75 Å². The Morgan fingerprint density at radius 3 is 2.17 bits per heavy atom. The number of nitro benzene ring substituents is 1. The lowest BCUT2D eigenvalue weighted by Gasteiger charge is -2.35. The molecule has 12 nitrogen and oxygen atoms in total. The molecule has 0 spiro atoms. The van der Waals surface area contributed by atoms with E-state index in [0.29, 0.717) is 0 Å². The van der Waals surface area contributed by atoms with Crippen LogP contribution in [-0.4, -0.2) is 83.0 Å². The molecule has 0 atom stereocenters. The van der Waals surface area contributed by atoms with Crippen LogP contribution in [0, 0.1) is 17.0 Å². The third kappa shape index (κ3) is 5.89. The Labute approximate surface area is 203 Å². The van der Waals surface area contributed by atoms with Crippen LogP contribution < -0.4 is 9.04 Å². The molecular formula is C21H26N4O8S2. The number of nitro groups is 1. The summed E-state index contributed by atoms with van der Waals surface area (Å²) in [5.41, 5.74) is 0.421. The van der Waals surface area contributed by atoms with Gasteiger partial charge in [-0.1, -0.05) is 17.7 Å². The van der Waals surface area contributed by atoms with Gasteiger partial charge in [-0.05, 0) is 25.1 Å². The number of benzene rings is 2. The van der Waals surface area contributed by atoms with Crippen molar-refractivity contribution >= 4 is 37.3 Å². The van der Waals surface area contributed by atoms with E-state index in [0.717, 1.165) is 22.2 Å². The van der Waals surface area contributed by atoms with Crippen LogP contribution in [0.1, 0.15) is 5.56 Å². The van der Waals surface area contributed by atoms with E-state index in [9.17, 15) is 31.7 Å². The minimum Gasteiger partial charge on any atom is -0.495 e. The van der Waals surface area contributed by atoms with Gasteiger partial charge in [-0.25, -0.2) is 16.8 Å². The number of hydrogen-bond acceptors (Lipinski definition) is 8. The number of methoxy groups -OCH3 is 1. The highest BCUT2D eigenvalue weighted by molar-refractivity contribution is 7.92. The van der Waals surface area contributed by atoms with Gasteiger partial charge >= 0.3 is 0 Å². The van der Waals surface area contributed by atoms with Crippen LogP contribution >= 0.6 is 0 Å². The molecule has 14 heteroatoms. The van der Waals surface area contributed by atoms with Gasteiger partial charge < -0.3 is 9.64 Å². The zero-order chi connectivity index (χ0) is 26.0. The van der Waals surface area contributed by atoms with E-state index in [-0.39, 0.29) is 48.2 Å². The van der Waals surface area contributed by atoms with E-state index < -0.39 is 37.4 Å². The highest BCUT2D eigenvalue weighted by Gasteiger charge is 2.32. The second-order valence-corrected chi connectivity index (χ2v) is 11.8. The molecule has 0 aromatic heterocycles. The van der Waals surface area contributed by atoms with Gasteiger partial charge in [0.25, 0.3) is 5.69 Å². The van der Waals surface area contributed by atoms with Crippen molar-refractivity contribution in [2.75, 3.05) is 50.4 Å². The Morgan fingerprint density at radius 1 is 1.06 bits per heavy atom. The van der Waals surface area contributed by atoms with E-state index in [1.54, 1.807) is 12.1 Å². The highest BCUT2D eigenvalue weighted by atomic mass is 32.2. The molecule has 0 radical (unpaired) electrons. The number of aryl methyl sites for hydroxylation is 1. The third-order valence-corrected chi connectivity index (χ3v) is 8.61. The van der Waals surface area contributed by atoms with Crippen molar-refractivity contribution in [2.45, 2.75) is 11.8 Å². The van der Waals surface area contributed by atoms with Crippen molar-refractivity contribution in [3.63, 3.8) is 0 Å². The predicted octanol–water partition coefficient (Wildman–Crippen LogP) is 1.21. The van der Waals surface area contributed by atoms with E-state index in [1.807, 2.05) is 6.92 Å². The Morgan fingerprint density at radius 2 is 1.66 bits per heavy atom. The lowest BCUT2D eigenvalue weighted by atomic mass is 10.2. The Kier molecular flexibility index (Phi) is 7.67. The van der Waals surface area contributed by atoms with Gasteiger partial charge in [-0.15, -0.1) is 0 Å². The summed E-state index contributed by atoms with van der Waals surface area (Å²) < 4.78 is 58.0. The van der Waals surface area contributed by atoms with Gasteiger partial charge in [0.1, 0.15) is 18.0 Å². The predicted molar refractivity (Wildman–Crippen MR) is 128 cm³/mol. The van der Waals surface area contributed by atoms with Crippen molar-refractivity contribution < 1.29 is 31.3 Å². The van der Waals surface area contributed by atoms with Gasteiger partial charge in [-0.2, -0.15) is 4.31 Å². The van der Waals surface area contributed by atoms with Crippen molar-refractivity contribution in [2.24, 2.45) is 0 Å². The fourth-order valence-electron chi connectivity index (χ4n) is 3.63. The molecular weight excluding hydrogens is 500 g/mol. The van der Waals surface area contributed by atoms with Crippen LogP contribution in [-0.2, 0) is 24.8 Å². The summed E-state index contributed by atoms with van der Waals surface area (Å²) in [5.74, 6) is -0.529. The Balaban J connectivity index is 1.77. The Bertz CT molecular complexity index is 1320. The number of carbonyl (C=O) groups is 1. The summed E-state index contributed by atoms with van der Waals surface area (Å²) in [6.45, 7) is 1.44. The van der Waals surface area contributed by atoms with Crippen LogP contribution in [0.2, 0.25) is 0 Å². The number of ether oxygens (including phenoxy) is 1. The van der Waals surface area contributed by atoms with E-state index in [2.05, 4.69) is 0 Å². The number of carbonyl (C=O) groups excluding carboxylic acids is 1. The third-order valence-electron chi connectivity index (χ3n) is 5.57. The first-order chi connectivity index (χ1) is 16.3. The standard InChI is InChI=1S/C21H26N4O8S2/c1-16-4-7-18(8-5-16)35(31,32)23-12-10-22(11-13-23)21(26)15-24(34(3,29)30)19-14-17(25(27)28)6-9-20(19)33-2/h4-9,14H,10-13,15H2,1-3H3. The van der Waals surface area contributed by atoms with Crippen LogP contribution in [0.3, 0.4) is 0 Å². The zero-order valence-corrected chi connectivity index (χ0v) is 21.1. The second-order valence-electron chi connectivity index (χ2n) is 7.98. The molecule has 0 aliphatic carbocycles. The molecule has 1 amide bonds. The van der Waals surface area contributed by atoms with Crippen molar-refractivity contribution in [1.82, 2.24) is 9.21 Å². The molecule has 2 aromatic carbocycles.